The van der Waals surface area contributed by atoms with Gasteiger partial charge in [0, 0.05) is 5.92 Å². The number of hydrogen-bond donors (Lipinski definition) is 0. The lowest BCUT2D eigenvalue weighted by atomic mass is 10.0. The Balaban J connectivity index is 0.000000590. The zero-order chi connectivity index (χ0) is 20.3. The Kier molecular flexibility index (Phi) is 9.54. The highest BCUT2D eigenvalue weighted by Crippen LogP contribution is 2.98. The first kappa shape index (κ1) is 25.1. The van der Waals surface area contributed by atoms with Crippen LogP contribution in [-0.4, -0.2) is 6.61 Å². The Morgan fingerprint density at radius 2 is 1.23 bits per heavy atom. The molecule has 0 saturated heterocycles. The molecule has 1 rings (SSSR count). The number of benzene rings is 1. The third-order valence-corrected chi connectivity index (χ3v) is 4.27. The van der Waals surface area contributed by atoms with Crippen molar-refractivity contribution in [2.75, 3.05) is 6.61 Å². The molecular weight excluding hydrogens is 378 g/mol. The Hall–Kier alpha value is -0.890. The summed E-state index contributed by atoms with van der Waals surface area (Å²) in [7, 11) is -9.83. The Morgan fingerprint density at radius 1 is 0.808 bits per heavy atom. The van der Waals surface area contributed by atoms with Gasteiger partial charge in [-0.25, -0.2) is 8.57 Å². The maximum absolute atomic E-state index is 12.5. The van der Waals surface area contributed by atoms with Gasteiger partial charge in [-0.1, -0.05) is 97.3 Å². The summed E-state index contributed by atoms with van der Waals surface area (Å²) in [5.41, 5.74) is 0.285. The van der Waals surface area contributed by atoms with Crippen LogP contribution in [0.25, 0.3) is 0 Å². The molecule has 0 bridgehead atoms. The molecule has 0 aliphatic carbocycles. The van der Waals surface area contributed by atoms with E-state index < -0.39 is 28.8 Å². The zero-order valence-corrected chi connectivity index (χ0v) is 16.4. The lowest BCUT2D eigenvalue weighted by molar-refractivity contribution is 0.147. The lowest BCUT2D eigenvalue weighted by Crippen LogP contribution is -2.15. The molecule has 0 fully saturated rings. The van der Waals surface area contributed by atoms with E-state index in [1.165, 1.54) is 64.0 Å². The van der Waals surface area contributed by atoms with Crippen molar-refractivity contribution in [3.63, 3.8) is 0 Å². The number of hydrogen-bond acceptors (Lipinski definition) is 1. The van der Waals surface area contributed by atoms with Crippen LogP contribution in [-0.2, 0) is 4.18 Å². The van der Waals surface area contributed by atoms with Gasteiger partial charge in [-0.2, -0.15) is 0 Å². The van der Waals surface area contributed by atoms with Crippen LogP contribution in [0, 0.1) is 5.82 Å². The van der Waals surface area contributed by atoms with Crippen molar-refractivity contribution in [3.8, 4) is 0 Å². The van der Waals surface area contributed by atoms with Crippen molar-refractivity contribution in [2.24, 2.45) is 0 Å². The lowest BCUT2D eigenvalue weighted by Gasteiger charge is -2.39. The van der Waals surface area contributed by atoms with Crippen molar-refractivity contribution in [3.05, 3.63) is 35.6 Å². The SMILES string of the molecule is CC(COS(F)(F)(F)(F)F)c1ccc(F)cc1.CCCCCCCCC. The molecule has 0 aliphatic heterocycles. The maximum Gasteiger partial charge on any atom is 0.397 e. The average Bonchev–Trinajstić information content (AvgIpc) is 2.52. The molecule has 0 N–H and O–H groups in total. The summed E-state index contributed by atoms with van der Waals surface area (Å²) in [5, 5.41) is 0. The molecule has 26 heavy (non-hydrogen) atoms. The number of unbranched alkanes of at least 4 members (excludes halogenated alkanes) is 6. The summed E-state index contributed by atoms with van der Waals surface area (Å²) in [6.07, 6.45) is 9.97. The van der Waals surface area contributed by atoms with E-state index in [-0.39, 0.29) is 5.56 Å². The minimum Gasteiger partial charge on any atom is -0.239 e. The normalized spacial score (nSPS) is 15.4. The monoisotopic (exact) mass is 408 g/mol. The van der Waals surface area contributed by atoms with Gasteiger partial charge in [0.2, 0.25) is 0 Å². The van der Waals surface area contributed by atoms with E-state index in [2.05, 4.69) is 18.0 Å². The van der Waals surface area contributed by atoms with E-state index in [4.69, 9.17) is 0 Å². The molecule has 1 unspecified atom stereocenters. The fourth-order valence-electron chi connectivity index (χ4n) is 2.15. The molecule has 0 radical (unpaired) electrons. The highest BCUT2D eigenvalue weighted by atomic mass is 32.5. The highest BCUT2D eigenvalue weighted by molar-refractivity contribution is 8.42. The van der Waals surface area contributed by atoms with Crippen molar-refractivity contribution in [2.45, 2.75) is 71.6 Å². The summed E-state index contributed by atoms with van der Waals surface area (Å²) in [4.78, 5) is 0. The van der Waals surface area contributed by atoms with Crippen molar-refractivity contribution in [1.29, 1.82) is 0 Å². The van der Waals surface area contributed by atoms with Gasteiger partial charge in [0.15, 0.2) is 0 Å². The minimum absolute atomic E-state index is 0.285. The molecule has 0 saturated carbocycles. The Morgan fingerprint density at radius 3 is 1.62 bits per heavy atom. The predicted molar refractivity (Wildman–Crippen MR) is 97.6 cm³/mol. The molecule has 8 heteroatoms. The van der Waals surface area contributed by atoms with Crippen molar-refractivity contribution < 1.29 is 28.0 Å². The first-order valence-corrected chi connectivity index (χ1v) is 10.8. The molecule has 1 aromatic carbocycles. The molecule has 0 aromatic heterocycles. The molecule has 1 atom stereocenters. The van der Waals surface area contributed by atoms with Gasteiger partial charge in [0.1, 0.15) is 5.82 Å². The van der Waals surface area contributed by atoms with Crippen LogP contribution in [0.3, 0.4) is 0 Å². The summed E-state index contributed by atoms with van der Waals surface area (Å²) in [6.45, 7) is 4.60. The second kappa shape index (κ2) is 9.88. The Labute approximate surface area is 153 Å². The van der Waals surface area contributed by atoms with E-state index in [1.54, 1.807) is 0 Å². The maximum atomic E-state index is 12.5. The van der Waals surface area contributed by atoms with E-state index in [0.29, 0.717) is 0 Å². The second-order valence-electron chi connectivity index (χ2n) is 6.40. The fourth-order valence-corrected chi connectivity index (χ4v) is 2.61. The standard InChI is InChI=1S/C9H10F6OS.C9H20/c1-7(6-16-17(11,12,13,14)15)8-2-4-9(10)5-3-8;1-3-5-7-9-8-6-4-2/h2-5,7H,6H2,1H3;3-9H2,1-2H3. The largest absolute Gasteiger partial charge is 0.397 e. The van der Waals surface area contributed by atoms with Crippen LogP contribution in [0.2, 0.25) is 0 Å². The molecule has 0 heterocycles. The van der Waals surface area contributed by atoms with Crippen LogP contribution in [0.1, 0.15) is 77.2 Å². The van der Waals surface area contributed by atoms with Gasteiger partial charge in [0.05, 0.1) is 6.61 Å². The topological polar surface area (TPSA) is 9.23 Å². The van der Waals surface area contributed by atoms with Gasteiger partial charge in [-0.05, 0) is 17.7 Å². The smallest absolute Gasteiger partial charge is 0.239 e. The third kappa shape index (κ3) is 15.4. The molecule has 156 valence electrons. The van der Waals surface area contributed by atoms with Crippen molar-refractivity contribution in [1.82, 2.24) is 0 Å². The van der Waals surface area contributed by atoms with Gasteiger partial charge < -0.3 is 0 Å². The molecule has 0 aliphatic rings. The Bertz CT molecular complexity index is 494. The average molecular weight is 408 g/mol. The van der Waals surface area contributed by atoms with Crippen LogP contribution >= 0.6 is 10.5 Å². The summed E-state index contributed by atoms with van der Waals surface area (Å²) < 4.78 is 74.7. The quantitative estimate of drug-likeness (QED) is 0.277. The second-order valence-corrected chi connectivity index (χ2v) is 8.44. The summed E-state index contributed by atoms with van der Waals surface area (Å²) in [5.74, 6) is -1.48. The number of halogens is 6. The number of rotatable bonds is 10. The molecule has 1 nitrogen and oxygen atoms in total. The van der Waals surface area contributed by atoms with E-state index in [9.17, 15) is 23.8 Å². The molecule has 0 spiro atoms. The first-order valence-electron chi connectivity index (χ1n) is 8.93. The van der Waals surface area contributed by atoms with Crippen LogP contribution in [0.4, 0.5) is 23.8 Å². The van der Waals surface area contributed by atoms with Gasteiger partial charge in [-0.15, -0.1) is 0 Å². The highest BCUT2D eigenvalue weighted by Gasteiger charge is 2.65. The van der Waals surface area contributed by atoms with Gasteiger partial charge >= 0.3 is 10.5 Å². The van der Waals surface area contributed by atoms with Crippen LogP contribution < -0.4 is 0 Å². The first-order chi connectivity index (χ1) is 11.8. The molecule has 1 aromatic rings. The molecule has 0 amide bonds. The third-order valence-electron chi connectivity index (χ3n) is 3.69. The summed E-state index contributed by atoms with van der Waals surface area (Å²) in [6, 6.07) is 4.50. The van der Waals surface area contributed by atoms with Gasteiger partial charge in [0.25, 0.3) is 0 Å². The molecular formula is C18H30F6OS. The zero-order valence-electron chi connectivity index (χ0n) is 15.6. The van der Waals surface area contributed by atoms with E-state index in [1.807, 2.05) is 0 Å². The van der Waals surface area contributed by atoms with E-state index >= 15 is 0 Å². The summed E-state index contributed by atoms with van der Waals surface area (Å²) >= 11 is 0. The van der Waals surface area contributed by atoms with Crippen LogP contribution in [0.5, 0.6) is 0 Å². The van der Waals surface area contributed by atoms with Crippen LogP contribution in [0.15, 0.2) is 24.3 Å². The van der Waals surface area contributed by atoms with Crippen molar-refractivity contribution >= 4 is 10.5 Å². The predicted octanol–water partition coefficient (Wildman–Crippen LogP) is 8.92. The van der Waals surface area contributed by atoms with E-state index in [0.717, 1.165) is 12.1 Å². The van der Waals surface area contributed by atoms with Gasteiger partial charge in [-0.3, -0.25) is 0 Å². The minimum atomic E-state index is -9.83. The fraction of sp³-hybridized carbons (Fsp3) is 0.667.